The highest BCUT2D eigenvalue weighted by atomic mass is 31.2. The predicted molar refractivity (Wildman–Crippen MR) is 60.6 cm³/mol. The van der Waals surface area contributed by atoms with Gasteiger partial charge in [0.25, 0.3) is 8.53 Å². The summed E-state index contributed by atoms with van der Waals surface area (Å²) in [5.74, 6) is 0. The van der Waals surface area contributed by atoms with Crippen molar-refractivity contribution in [1.82, 2.24) is 10.2 Å². The van der Waals surface area contributed by atoms with Crippen LogP contribution in [0, 0.1) is 11.3 Å². The summed E-state index contributed by atoms with van der Waals surface area (Å²) in [6.45, 7) is 8.44. The van der Waals surface area contributed by atoms with E-state index in [1.165, 1.54) is 0 Å². The minimum absolute atomic E-state index is 0.208. The quantitative estimate of drug-likeness (QED) is 0.398. The molecule has 2 N–H and O–H groups in total. The second-order valence-electron chi connectivity index (χ2n) is 3.72. The summed E-state index contributed by atoms with van der Waals surface area (Å²) >= 11 is 0. The summed E-state index contributed by atoms with van der Waals surface area (Å²) in [4.78, 5) is 9.52. The van der Waals surface area contributed by atoms with Gasteiger partial charge in [0.15, 0.2) is 0 Å². The first kappa shape index (κ1) is 14.8. The lowest BCUT2D eigenvalue weighted by Gasteiger charge is -2.30. The fourth-order valence-electron chi connectivity index (χ4n) is 1.11. The summed E-state index contributed by atoms with van der Waals surface area (Å²) < 4.78 is 5.35. The van der Waals surface area contributed by atoms with Crippen molar-refractivity contribution in [1.29, 1.82) is 5.26 Å². The standard InChI is InChI=1S/C9H20N3O2P/c1-8(2)12(9(3)4)14-15(13)11-7-5-6-10/h8-9,11,13H,5,7H2,1-4H3. The minimum Gasteiger partial charge on any atom is -0.337 e. The van der Waals surface area contributed by atoms with Gasteiger partial charge in [-0.05, 0) is 27.7 Å². The molecule has 0 amide bonds. The molecule has 1 unspecified atom stereocenters. The molecule has 5 nitrogen and oxygen atoms in total. The van der Waals surface area contributed by atoms with E-state index >= 15 is 0 Å². The maximum atomic E-state index is 9.52. The molecule has 1 atom stereocenters. The average molecular weight is 233 g/mol. The second kappa shape index (κ2) is 7.98. The van der Waals surface area contributed by atoms with Crippen LogP contribution in [0.15, 0.2) is 0 Å². The maximum absolute atomic E-state index is 9.52. The molecule has 0 saturated heterocycles. The molecule has 0 aliphatic heterocycles. The van der Waals surface area contributed by atoms with Crippen molar-refractivity contribution in [2.45, 2.75) is 46.2 Å². The van der Waals surface area contributed by atoms with Crippen molar-refractivity contribution in [3.8, 4) is 6.07 Å². The Morgan fingerprint density at radius 1 is 1.40 bits per heavy atom. The van der Waals surface area contributed by atoms with E-state index in [0.717, 1.165) is 0 Å². The zero-order valence-electron chi connectivity index (χ0n) is 9.77. The Morgan fingerprint density at radius 2 is 1.93 bits per heavy atom. The fourth-order valence-corrected chi connectivity index (χ4v) is 2.03. The Bertz CT molecular complexity index is 198. The van der Waals surface area contributed by atoms with Gasteiger partial charge in [-0.25, -0.2) is 9.71 Å². The van der Waals surface area contributed by atoms with E-state index in [4.69, 9.17) is 9.89 Å². The maximum Gasteiger partial charge on any atom is 0.271 e. The highest BCUT2D eigenvalue weighted by Gasteiger charge is 2.18. The van der Waals surface area contributed by atoms with Crippen LogP contribution in [0.25, 0.3) is 0 Å². The average Bonchev–Trinajstić information content (AvgIpc) is 2.13. The van der Waals surface area contributed by atoms with Gasteiger partial charge < -0.3 is 4.89 Å². The third kappa shape index (κ3) is 6.77. The van der Waals surface area contributed by atoms with Gasteiger partial charge in [0.05, 0.1) is 6.07 Å². The van der Waals surface area contributed by atoms with Gasteiger partial charge in [-0.15, -0.1) is 0 Å². The summed E-state index contributed by atoms with van der Waals surface area (Å²) in [7, 11) is -1.67. The summed E-state index contributed by atoms with van der Waals surface area (Å²) in [6, 6.07) is 2.41. The van der Waals surface area contributed by atoms with E-state index in [-0.39, 0.29) is 12.1 Å². The van der Waals surface area contributed by atoms with E-state index in [9.17, 15) is 4.89 Å². The number of hydrogen-bond acceptors (Lipinski definition) is 5. The Hall–Kier alpha value is -0.240. The Labute approximate surface area is 93.0 Å². The van der Waals surface area contributed by atoms with Crippen molar-refractivity contribution in [3.05, 3.63) is 0 Å². The molecule has 0 aliphatic carbocycles. The van der Waals surface area contributed by atoms with E-state index in [2.05, 4.69) is 5.09 Å². The third-order valence-corrected chi connectivity index (χ3v) is 2.51. The predicted octanol–water partition coefficient (Wildman–Crippen LogP) is 1.76. The molecule has 0 aromatic heterocycles. The van der Waals surface area contributed by atoms with Crippen LogP contribution in [-0.2, 0) is 4.62 Å². The lowest BCUT2D eigenvalue weighted by Crippen LogP contribution is -2.36. The first-order valence-corrected chi connectivity index (χ1v) is 6.26. The largest absolute Gasteiger partial charge is 0.337 e. The van der Waals surface area contributed by atoms with Crippen LogP contribution in [0.3, 0.4) is 0 Å². The van der Waals surface area contributed by atoms with Crippen molar-refractivity contribution < 1.29 is 9.52 Å². The summed E-state index contributed by atoms with van der Waals surface area (Å²) in [5, 5.41) is 12.8. The van der Waals surface area contributed by atoms with Crippen LogP contribution in [-0.4, -0.2) is 28.6 Å². The molecule has 0 aromatic rings. The number of hydrogen-bond donors (Lipinski definition) is 2. The number of nitrogens with zero attached hydrogens (tertiary/aromatic N) is 2. The van der Waals surface area contributed by atoms with Gasteiger partial charge in [0.2, 0.25) is 0 Å². The molecule has 0 aliphatic rings. The topological polar surface area (TPSA) is 68.5 Å². The van der Waals surface area contributed by atoms with Gasteiger partial charge in [0.1, 0.15) is 0 Å². The molecule has 0 aromatic carbocycles. The Morgan fingerprint density at radius 3 is 2.33 bits per heavy atom. The summed E-state index contributed by atoms with van der Waals surface area (Å²) in [6.07, 6.45) is 0.367. The van der Waals surface area contributed by atoms with Gasteiger partial charge in [-0.1, -0.05) is 0 Å². The van der Waals surface area contributed by atoms with Crippen molar-refractivity contribution >= 4 is 8.53 Å². The summed E-state index contributed by atoms with van der Waals surface area (Å²) in [5.41, 5.74) is 0. The Balaban J connectivity index is 3.90. The van der Waals surface area contributed by atoms with Crippen LogP contribution in [0.5, 0.6) is 0 Å². The fraction of sp³-hybridized carbons (Fsp3) is 0.889. The number of hydroxylamine groups is 2. The SMILES string of the molecule is CC(C)N(OP(O)NCCC#N)C(C)C. The zero-order valence-corrected chi connectivity index (χ0v) is 10.7. The van der Waals surface area contributed by atoms with Gasteiger partial charge >= 0.3 is 0 Å². The highest BCUT2D eigenvalue weighted by Crippen LogP contribution is 2.29. The van der Waals surface area contributed by atoms with Crippen LogP contribution >= 0.6 is 8.53 Å². The number of nitriles is 1. The van der Waals surface area contributed by atoms with E-state index < -0.39 is 8.53 Å². The van der Waals surface area contributed by atoms with Gasteiger partial charge in [-0.2, -0.15) is 10.3 Å². The van der Waals surface area contributed by atoms with Gasteiger partial charge in [0, 0.05) is 25.0 Å². The van der Waals surface area contributed by atoms with Crippen LogP contribution in [0.4, 0.5) is 0 Å². The normalized spacial score (nSPS) is 13.5. The molecule has 15 heavy (non-hydrogen) atoms. The first-order valence-electron chi connectivity index (χ1n) is 5.05. The minimum atomic E-state index is -1.67. The molecule has 0 rings (SSSR count). The molecule has 88 valence electrons. The van der Waals surface area contributed by atoms with Crippen molar-refractivity contribution in [2.24, 2.45) is 0 Å². The zero-order chi connectivity index (χ0) is 11.8. The smallest absolute Gasteiger partial charge is 0.271 e. The first-order chi connectivity index (χ1) is 6.99. The molecular weight excluding hydrogens is 213 g/mol. The second-order valence-corrected chi connectivity index (χ2v) is 4.74. The lowest BCUT2D eigenvalue weighted by molar-refractivity contribution is -0.111. The molecule has 0 fully saturated rings. The van der Waals surface area contributed by atoms with Crippen LogP contribution in [0.1, 0.15) is 34.1 Å². The molecule has 0 bridgehead atoms. The highest BCUT2D eigenvalue weighted by molar-refractivity contribution is 7.43. The van der Waals surface area contributed by atoms with Gasteiger partial charge in [-0.3, -0.25) is 0 Å². The number of nitrogens with one attached hydrogen (secondary N) is 1. The third-order valence-electron chi connectivity index (χ3n) is 1.67. The monoisotopic (exact) mass is 233 g/mol. The molecule has 6 heteroatoms. The van der Waals surface area contributed by atoms with Crippen LogP contribution < -0.4 is 5.09 Å². The molecular formula is C9H20N3O2P. The lowest BCUT2D eigenvalue weighted by atomic mass is 10.3. The van der Waals surface area contributed by atoms with E-state index in [1.807, 2.05) is 33.8 Å². The molecule has 0 saturated carbocycles. The molecule has 0 radical (unpaired) electrons. The molecule has 0 heterocycles. The Kier molecular flexibility index (Phi) is 7.85. The van der Waals surface area contributed by atoms with Crippen molar-refractivity contribution in [3.63, 3.8) is 0 Å². The van der Waals surface area contributed by atoms with E-state index in [1.54, 1.807) is 5.06 Å². The van der Waals surface area contributed by atoms with Crippen molar-refractivity contribution in [2.75, 3.05) is 6.54 Å². The van der Waals surface area contributed by atoms with Crippen LogP contribution in [0.2, 0.25) is 0 Å². The van der Waals surface area contributed by atoms with E-state index in [0.29, 0.717) is 13.0 Å². The molecule has 0 spiro atoms. The number of rotatable bonds is 7.